The summed E-state index contributed by atoms with van der Waals surface area (Å²) in [5.74, 6) is 0.628. The van der Waals surface area contributed by atoms with Gasteiger partial charge in [0.05, 0.1) is 18.5 Å². The summed E-state index contributed by atoms with van der Waals surface area (Å²) in [5.41, 5.74) is 2.24. The van der Waals surface area contributed by atoms with Gasteiger partial charge in [-0.1, -0.05) is 39.0 Å². The number of rotatable bonds is 4. The van der Waals surface area contributed by atoms with Crippen molar-refractivity contribution in [2.75, 3.05) is 30.5 Å². The summed E-state index contributed by atoms with van der Waals surface area (Å²) in [6.07, 6.45) is 0. The lowest BCUT2D eigenvalue weighted by Crippen LogP contribution is -2.43. The summed E-state index contributed by atoms with van der Waals surface area (Å²) in [5, 5.41) is 2.80. The number of hydrogen-bond acceptors (Lipinski definition) is 4. The molecule has 0 fully saturated rings. The van der Waals surface area contributed by atoms with Gasteiger partial charge in [0, 0.05) is 0 Å². The van der Waals surface area contributed by atoms with Crippen molar-refractivity contribution in [2.45, 2.75) is 26.2 Å². The number of fused-ring (bicyclic) bond motifs is 1. The van der Waals surface area contributed by atoms with Gasteiger partial charge in [-0.05, 0) is 35.2 Å². The molecule has 6 nitrogen and oxygen atoms in total. The Labute approximate surface area is 159 Å². The number of carbonyl (C=O) groups excluding carboxylic acids is 2. The molecule has 3 rings (SSSR count). The zero-order valence-electron chi connectivity index (χ0n) is 16.0. The zero-order chi connectivity index (χ0) is 19.6. The fourth-order valence-corrected chi connectivity index (χ4v) is 2.93. The van der Waals surface area contributed by atoms with E-state index in [4.69, 9.17) is 9.47 Å². The molecule has 0 saturated heterocycles. The second kappa shape index (κ2) is 7.31. The highest BCUT2D eigenvalue weighted by molar-refractivity contribution is 6.05. The Hall–Kier alpha value is -3.02. The van der Waals surface area contributed by atoms with E-state index in [1.165, 1.54) is 4.90 Å². The molecule has 142 valence electrons. The number of nitrogens with one attached hydrogen (secondary N) is 1. The Morgan fingerprint density at radius 3 is 2.67 bits per heavy atom. The molecule has 1 N–H and O–H groups in total. The molecule has 0 aromatic heterocycles. The Morgan fingerprint density at radius 1 is 1.22 bits per heavy atom. The van der Waals surface area contributed by atoms with E-state index in [9.17, 15) is 9.59 Å². The molecule has 2 aromatic rings. The van der Waals surface area contributed by atoms with Crippen LogP contribution in [-0.2, 0) is 15.0 Å². The summed E-state index contributed by atoms with van der Waals surface area (Å²) >= 11 is 0. The van der Waals surface area contributed by atoms with Crippen molar-refractivity contribution in [3.05, 3.63) is 48.0 Å². The van der Waals surface area contributed by atoms with E-state index < -0.39 is 0 Å². The number of amides is 2. The number of nitrogens with zero attached hydrogens (tertiary/aromatic N) is 1. The number of hydrogen-bond donors (Lipinski definition) is 1. The fraction of sp³-hybridized carbons (Fsp3) is 0.333. The number of para-hydroxylation sites is 2. The second-order valence-electron chi connectivity index (χ2n) is 7.45. The average Bonchev–Trinajstić information content (AvgIpc) is 2.63. The van der Waals surface area contributed by atoms with Crippen LogP contribution < -0.4 is 19.7 Å². The van der Waals surface area contributed by atoms with Gasteiger partial charge < -0.3 is 14.8 Å². The predicted octanol–water partition coefficient (Wildman–Crippen LogP) is 3.36. The topological polar surface area (TPSA) is 67.9 Å². The zero-order valence-corrected chi connectivity index (χ0v) is 16.0. The first-order valence-electron chi connectivity index (χ1n) is 8.80. The van der Waals surface area contributed by atoms with Gasteiger partial charge >= 0.3 is 0 Å². The normalized spacial score (nSPS) is 13.6. The van der Waals surface area contributed by atoms with E-state index in [0.717, 1.165) is 5.56 Å². The monoisotopic (exact) mass is 368 g/mol. The molecule has 1 heterocycles. The van der Waals surface area contributed by atoms with Crippen molar-refractivity contribution in [3.63, 3.8) is 0 Å². The van der Waals surface area contributed by atoms with Crippen LogP contribution in [0, 0.1) is 0 Å². The van der Waals surface area contributed by atoms with Gasteiger partial charge in [0.15, 0.2) is 6.61 Å². The predicted molar refractivity (Wildman–Crippen MR) is 105 cm³/mol. The van der Waals surface area contributed by atoms with Crippen molar-refractivity contribution in [1.29, 1.82) is 0 Å². The SMILES string of the molecule is COc1ccccc1NC(=O)CN1C(=O)COc2cc(C(C)(C)C)ccc21. The Balaban J connectivity index is 1.81. The standard InChI is InChI=1S/C21H24N2O4/c1-21(2,3)14-9-10-16-18(11-14)27-13-20(25)23(16)12-19(24)22-15-7-5-6-8-17(15)26-4/h5-11H,12-13H2,1-4H3,(H,22,24). The summed E-state index contributed by atoms with van der Waals surface area (Å²) in [6, 6.07) is 12.9. The molecule has 2 aromatic carbocycles. The molecule has 0 atom stereocenters. The fourth-order valence-electron chi connectivity index (χ4n) is 2.93. The van der Waals surface area contributed by atoms with Crippen molar-refractivity contribution in [2.24, 2.45) is 0 Å². The summed E-state index contributed by atoms with van der Waals surface area (Å²) in [7, 11) is 1.54. The number of carbonyl (C=O) groups is 2. The highest BCUT2D eigenvalue weighted by Gasteiger charge is 2.29. The first-order chi connectivity index (χ1) is 12.8. The maximum atomic E-state index is 12.5. The quantitative estimate of drug-likeness (QED) is 0.899. The average molecular weight is 368 g/mol. The van der Waals surface area contributed by atoms with E-state index in [-0.39, 0.29) is 30.4 Å². The Kier molecular flexibility index (Phi) is 5.08. The summed E-state index contributed by atoms with van der Waals surface area (Å²) in [6.45, 7) is 6.16. The largest absolute Gasteiger partial charge is 0.495 e. The minimum atomic E-state index is -0.305. The van der Waals surface area contributed by atoms with Crippen LogP contribution in [0.1, 0.15) is 26.3 Å². The molecular weight excluding hydrogens is 344 g/mol. The van der Waals surface area contributed by atoms with Crippen LogP contribution in [0.15, 0.2) is 42.5 Å². The molecule has 2 amide bonds. The molecule has 0 bridgehead atoms. The second-order valence-corrected chi connectivity index (χ2v) is 7.45. The van der Waals surface area contributed by atoms with E-state index >= 15 is 0 Å². The Morgan fingerprint density at radius 2 is 1.96 bits per heavy atom. The van der Waals surface area contributed by atoms with Crippen LogP contribution in [0.5, 0.6) is 11.5 Å². The van der Waals surface area contributed by atoms with Gasteiger partial charge in [0.25, 0.3) is 5.91 Å². The lowest BCUT2D eigenvalue weighted by molar-refractivity contribution is -0.123. The maximum absolute atomic E-state index is 12.5. The van der Waals surface area contributed by atoms with E-state index in [1.54, 1.807) is 25.3 Å². The molecule has 0 saturated carbocycles. The van der Waals surface area contributed by atoms with Gasteiger partial charge in [-0.25, -0.2) is 0 Å². The van der Waals surface area contributed by atoms with Gasteiger partial charge in [0.2, 0.25) is 5.91 Å². The van der Waals surface area contributed by atoms with Gasteiger partial charge in [0.1, 0.15) is 18.0 Å². The van der Waals surface area contributed by atoms with Crippen LogP contribution in [0.2, 0.25) is 0 Å². The van der Waals surface area contributed by atoms with Crippen LogP contribution in [0.4, 0.5) is 11.4 Å². The van der Waals surface area contributed by atoms with Crippen molar-refractivity contribution < 1.29 is 19.1 Å². The summed E-state index contributed by atoms with van der Waals surface area (Å²) in [4.78, 5) is 26.3. The molecule has 6 heteroatoms. The van der Waals surface area contributed by atoms with Crippen LogP contribution in [0.3, 0.4) is 0 Å². The highest BCUT2D eigenvalue weighted by Crippen LogP contribution is 2.36. The number of ether oxygens (including phenoxy) is 2. The van der Waals surface area contributed by atoms with E-state index in [1.807, 2.05) is 24.3 Å². The molecule has 0 spiro atoms. The number of anilines is 2. The minimum absolute atomic E-state index is 0.0358. The third-order valence-electron chi connectivity index (χ3n) is 4.45. The lowest BCUT2D eigenvalue weighted by Gasteiger charge is -2.30. The first kappa shape index (κ1) is 18.8. The third-order valence-corrected chi connectivity index (χ3v) is 4.45. The van der Waals surface area contributed by atoms with Crippen LogP contribution in [0.25, 0.3) is 0 Å². The number of methoxy groups -OCH3 is 1. The molecular formula is C21H24N2O4. The number of benzene rings is 2. The van der Waals surface area contributed by atoms with E-state index in [2.05, 4.69) is 26.1 Å². The molecule has 0 unspecified atom stereocenters. The lowest BCUT2D eigenvalue weighted by atomic mass is 9.86. The summed E-state index contributed by atoms with van der Waals surface area (Å²) < 4.78 is 10.8. The minimum Gasteiger partial charge on any atom is -0.495 e. The van der Waals surface area contributed by atoms with Gasteiger partial charge in [-0.2, -0.15) is 0 Å². The van der Waals surface area contributed by atoms with Crippen LogP contribution >= 0.6 is 0 Å². The molecule has 27 heavy (non-hydrogen) atoms. The molecule has 0 radical (unpaired) electrons. The smallest absolute Gasteiger partial charge is 0.265 e. The van der Waals surface area contributed by atoms with Gasteiger partial charge in [-0.3, -0.25) is 14.5 Å². The molecule has 1 aliphatic rings. The molecule has 0 aliphatic carbocycles. The highest BCUT2D eigenvalue weighted by atomic mass is 16.5. The van der Waals surface area contributed by atoms with Crippen molar-refractivity contribution in [3.8, 4) is 11.5 Å². The first-order valence-corrected chi connectivity index (χ1v) is 8.80. The van der Waals surface area contributed by atoms with Crippen LogP contribution in [-0.4, -0.2) is 32.1 Å². The van der Waals surface area contributed by atoms with Gasteiger partial charge in [-0.15, -0.1) is 0 Å². The molecule has 1 aliphatic heterocycles. The van der Waals surface area contributed by atoms with Crippen molar-refractivity contribution >= 4 is 23.2 Å². The Bertz CT molecular complexity index is 871. The maximum Gasteiger partial charge on any atom is 0.265 e. The van der Waals surface area contributed by atoms with E-state index in [0.29, 0.717) is 22.9 Å². The third kappa shape index (κ3) is 4.05. The van der Waals surface area contributed by atoms with Crippen molar-refractivity contribution in [1.82, 2.24) is 0 Å².